The molecule has 1 saturated carbocycles. The van der Waals surface area contributed by atoms with Gasteiger partial charge in [-0.15, -0.1) is 0 Å². The smallest absolute Gasteiger partial charge is 0.275 e. The fourth-order valence-electron chi connectivity index (χ4n) is 2.22. The monoisotopic (exact) mass is 262 g/mol. The Morgan fingerprint density at radius 1 is 1.37 bits per heavy atom. The maximum absolute atomic E-state index is 11.9. The maximum Gasteiger partial charge on any atom is 0.275 e. The Morgan fingerprint density at radius 3 is 2.89 bits per heavy atom. The lowest BCUT2D eigenvalue weighted by Crippen LogP contribution is -2.24. The molecule has 102 valence electrons. The van der Waals surface area contributed by atoms with Gasteiger partial charge in [-0.2, -0.15) is 5.10 Å². The van der Waals surface area contributed by atoms with Gasteiger partial charge >= 0.3 is 0 Å². The van der Waals surface area contributed by atoms with E-state index in [1.54, 1.807) is 0 Å². The van der Waals surface area contributed by atoms with Gasteiger partial charge in [0.1, 0.15) is 11.5 Å². The standard InChI is InChI=1S/C14H18N2O3/c1-9-4-2-3-5-12(9)15-16-14(19)11-8-10(17)6-7-13(11)18/h6-9,17-18H,2-5H2,1H3,(H,16,19)/b15-12+. The summed E-state index contributed by atoms with van der Waals surface area (Å²) in [6, 6.07) is 3.82. The summed E-state index contributed by atoms with van der Waals surface area (Å²) >= 11 is 0. The molecule has 0 saturated heterocycles. The van der Waals surface area contributed by atoms with Crippen molar-refractivity contribution in [1.82, 2.24) is 5.43 Å². The van der Waals surface area contributed by atoms with Crippen LogP contribution in [0.5, 0.6) is 11.5 Å². The number of phenolic OH excluding ortho intramolecular Hbond substituents is 2. The van der Waals surface area contributed by atoms with E-state index in [2.05, 4.69) is 17.5 Å². The first-order valence-electron chi connectivity index (χ1n) is 6.46. The van der Waals surface area contributed by atoms with Gasteiger partial charge in [0.15, 0.2) is 0 Å². The molecule has 1 fully saturated rings. The second kappa shape index (κ2) is 5.73. The van der Waals surface area contributed by atoms with Crippen LogP contribution in [0.3, 0.4) is 0 Å². The van der Waals surface area contributed by atoms with Crippen LogP contribution in [0, 0.1) is 5.92 Å². The minimum atomic E-state index is -0.515. The van der Waals surface area contributed by atoms with E-state index >= 15 is 0 Å². The predicted molar refractivity (Wildman–Crippen MR) is 72.3 cm³/mol. The largest absolute Gasteiger partial charge is 0.508 e. The summed E-state index contributed by atoms with van der Waals surface area (Å²) in [5.74, 6) is -0.376. The molecule has 1 amide bonds. The SMILES string of the molecule is CC1CCCC/C1=N\NC(=O)c1cc(O)ccc1O. The van der Waals surface area contributed by atoms with Crippen molar-refractivity contribution in [1.29, 1.82) is 0 Å². The van der Waals surface area contributed by atoms with Crippen molar-refractivity contribution >= 4 is 11.6 Å². The molecular weight excluding hydrogens is 244 g/mol. The fraction of sp³-hybridized carbons (Fsp3) is 0.429. The summed E-state index contributed by atoms with van der Waals surface area (Å²) in [5.41, 5.74) is 3.45. The molecule has 0 heterocycles. The molecule has 1 aromatic carbocycles. The molecule has 1 aromatic rings. The highest BCUT2D eigenvalue weighted by Gasteiger charge is 2.17. The molecule has 0 radical (unpaired) electrons. The zero-order valence-electron chi connectivity index (χ0n) is 10.9. The van der Waals surface area contributed by atoms with Crippen LogP contribution in [0.2, 0.25) is 0 Å². The second-order valence-corrected chi connectivity index (χ2v) is 4.89. The highest BCUT2D eigenvalue weighted by Crippen LogP contribution is 2.23. The van der Waals surface area contributed by atoms with Crippen molar-refractivity contribution in [3.05, 3.63) is 23.8 Å². The Bertz CT molecular complexity index is 511. The quantitative estimate of drug-likeness (QED) is 0.565. The molecule has 5 heteroatoms. The Labute approximate surface area is 112 Å². The Balaban J connectivity index is 2.08. The number of hydrazone groups is 1. The van der Waals surface area contributed by atoms with Gasteiger partial charge in [-0.25, -0.2) is 5.43 Å². The summed E-state index contributed by atoms with van der Waals surface area (Å²) in [5, 5.41) is 23.0. The van der Waals surface area contributed by atoms with E-state index < -0.39 is 5.91 Å². The molecule has 1 aliphatic rings. The second-order valence-electron chi connectivity index (χ2n) is 4.89. The van der Waals surface area contributed by atoms with Crippen molar-refractivity contribution in [2.75, 3.05) is 0 Å². The molecule has 1 aliphatic carbocycles. The average molecular weight is 262 g/mol. The lowest BCUT2D eigenvalue weighted by atomic mass is 9.89. The number of nitrogens with one attached hydrogen (secondary N) is 1. The van der Waals surface area contributed by atoms with Crippen molar-refractivity contribution in [3.8, 4) is 11.5 Å². The van der Waals surface area contributed by atoms with Gasteiger partial charge in [-0.1, -0.05) is 13.3 Å². The number of hydrogen-bond acceptors (Lipinski definition) is 4. The van der Waals surface area contributed by atoms with Crippen LogP contribution < -0.4 is 5.43 Å². The number of benzene rings is 1. The Hall–Kier alpha value is -2.04. The van der Waals surface area contributed by atoms with Gasteiger partial charge in [0, 0.05) is 5.71 Å². The number of amides is 1. The molecule has 0 aromatic heterocycles. The maximum atomic E-state index is 11.9. The molecule has 19 heavy (non-hydrogen) atoms. The normalized spacial score (nSPS) is 21.3. The van der Waals surface area contributed by atoms with Crippen LogP contribution in [0.1, 0.15) is 43.0 Å². The molecule has 2 rings (SSSR count). The van der Waals surface area contributed by atoms with Gasteiger partial charge in [0.2, 0.25) is 0 Å². The summed E-state index contributed by atoms with van der Waals surface area (Å²) in [6.45, 7) is 2.09. The van der Waals surface area contributed by atoms with Crippen molar-refractivity contribution in [2.45, 2.75) is 32.6 Å². The molecule has 5 nitrogen and oxygen atoms in total. The van der Waals surface area contributed by atoms with Gasteiger partial charge < -0.3 is 10.2 Å². The minimum absolute atomic E-state index is 0.0211. The lowest BCUT2D eigenvalue weighted by Gasteiger charge is -2.19. The number of carbonyl (C=O) groups is 1. The van der Waals surface area contributed by atoms with E-state index in [0.717, 1.165) is 25.0 Å². The van der Waals surface area contributed by atoms with Crippen LogP contribution in [0.15, 0.2) is 23.3 Å². The molecule has 0 aliphatic heterocycles. The third kappa shape index (κ3) is 3.24. The Kier molecular flexibility index (Phi) is 4.04. The van der Waals surface area contributed by atoms with E-state index in [1.807, 2.05) is 0 Å². The van der Waals surface area contributed by atoms with Crippen LogP contribution in [-0.2, 0) is 0 Å². The number of hydrogen-bond donors (Lipinski definition) is 3. The van der Waals surface area contributed by atoms with E-state index in [9.17, 15) is 15.0 Å². The third-order valence-electron chi connectivity index (χ3n) is 3.41. The van der Waals surface area contributed by atoms with E-state index in [0.29, 0.717) is 5.92 Å². The van der Waals surface area contributed by atoms with Crippen LogP contribution in [0.4, 0.5) is 0 Å². The first-order chi connectivity index (χ1) is 9.08. The third-order valence-corrected chi connectivity index (χ3v) is 3.41. The van der Waals surface area contributed by atoms with Gasteiger partial charge in [0.05, 0.1) is 5.56 Å². The first kappa shape index (κ1) is 13.4. The van der Waals surface area contributed by atoms with E-state index in [-0.39, 0.29) is 17.1 Å². The fourth-order valence-corrected chi connectivity index (χ4v) is 2.22. The number of nitrogens with zero attached hydrogens (tertiary/aromatic N) is 1. The van der Waals surface area contributed by atoms with E-state index in [1.165, 1.54) is 24.6 Å². The van der Waals surface area contributed by atoms with Crippen molar-refractivity contribution in [2.24, 2.45) is 11.0 Å². The highest BCUT2D eigenvalue weighted by molar-refractivity contribution is 5.98. The zero-order valence-corrected chi connectivity index (χ0v) is 10.9. The first-order valence-corrected chi connectivity index (χ1v) is 6.46. The minimum Gasteiger partial charge on any atom is -0.508 e. The van der Waals surface area contributed by atoms with Gasteiger partial charge in [0.25, 0.3) is 5.91 Å². The molecule has 0 bridgehead atoms. The molecule has 0 spiro atoms. The number of phenols is 2. The summed E-state index contributed by atoms with van der Waals surface area (Å²) in [4.78, 5) is 11.9. The topological polar surface area (TPSA) is 81.9 Å². The molecule has 3 N–H and O–H groups in total. The highest BCUT2D eigenvalue weighted by atomic mass is 16.3. The summed E-state index contributed by atoms with van der Waals surface area (Å²) in [6.07, 6.45) is 4.28. The van der Waals surface area contributed by atoms with Crippen molar-refractivity contribution in [3.63, 3.8) is 0 Å². The number of carbonyl (C=O) groups excluding carboxylic acids is 1. The number of aromatic hydroxyl groups is 2. The van der Waals surface area contributed by atoms with Gasteiger partial charge in [-0.05, 0) is 43.4 Å². The number of rotatable bonds is 2. The summed E-state index contributed by atoms with van der Waals surface area (Å²) in [7, 11) is 0. The van der Waals surface area contributed by atoms with Crippen LogP contribution in [-0.4, -0.2) is 21.8 Å². The van der Waals surface area contributed by atoms with E-state index in [4.69, 9.17) is 0 Å². The van der Waals surface area contributed by atoms with Gasteiger partial charge in [-0.3, -0.25) is 4.79 Å². The molecule has 1 atom stereocenters. The van der Waals surface area contributed by atoms with Crippen LogP contribution in [0.25, 0.3) is 0 Å². The zero-order chi connectivity index (χ0) is 13.8. The molecular formula is C14H18N2O3. The van der Waals surface area contributed by atoms with Crippen LogP contribution >= 0.6 is 0 Å². The summed E-state index contributed by atoms with van der Waals surface area (Å²) < 4.78 is 0. The van der Waals surface area contributed by atoms with Crippen molar-refractivity contribution < 1.29 is 15.0 Å². The Morgan fingerprint density at radius 2 is 2.16 bits per heavy atom. The molecule has 1 unspecified atom stereocenters. The lowest BCUT2D eigenvalue weighted by molar-refractivity contribution is 0.0951. The average Bonchev–Trinajstić information content (AvgIpc) is 2.40. The predicted octanol–water partition coefficient (Wildman–Crippen LogP) is 2.39.